The van der Waals surface area contributed by atoms with E-state index in [4.69, 9.17) is 15.9 Å². The molecule has 0 atom stereocenters. The number of halogens is 1. The van der Waals surface area contributed by atoms with Crippen molar-refractivity contribution in [1.29, 1.82) is 0 Å². The van der Waals surface area contributed by atoms with Crippen molar-refractivity contribution in [2.75, 3.05) is 13.2 Å². The Hall–Kier alpha value is -2.69. The van der Waals surface area contributed by atoms with Crippen molar-refractivity contribution in [1.82, 2.24) is 4.90 Å². The molecule has 1 heterocycles. The number of rotatable bonds is 7. The normalized spacial score (nSPS) is 14.9. The molecule has 1 saturated heterocycles. The second kappa shape index (κ2) is 9.68. The van der Waals surface area contributed by atoms with Crippen LogP contribution in [0.3, 0.4) is 0 Å². The van der Waals surface area contributed by atoms with Crippen molar-refractivity contribution in [2.24, 2.45) is 0 Å². The maximum Gasteiger partial charge on any atom is 0.294 e. The summed E-state index contributed by atoms with van der Waals surface area (Å²) in [6.07, 6.45) is 6.88. The van der Waals surface area contributed by atoms with Crippen LogP contribution in [-0.4, -0.2) is 29.2 Å². The second-order valence-electron chi connectivity index (χ2n) is 6.03. The van der Waals surface area contributed by atoms with E-state index in [0.717, 1.165) is 32.3 Å². The first-order chi connectivity index (χ1) is 14.0. The zero-order valence-corrected chi connectivity index (χ0v) is 18.1. The van der Waals surface area contributed by atoms with Crippen LogP contribution in [0.1, 0.15) is 18.1 Å². The Balaban J connectivity index is 1.79. The van der Waals surface area contributed by atoms with E-state index < -0.39 is 0 Å². The summed E-state index contributed by atoms with van der Waals surface area (Å²) in [6, 6.07) is 13.3. The Morgan fingerprint density at radius 2 is 1.90 bits per heavy atom. The molecular weight excluding hydrogens is 454 g/mol. The van der Waals surface area contributed by atoms with Gasteiger partial charge >= 0.3 is 0 Å². The fourth-order valence-electron chi connectivity index (χ4n) is 2.62. The summed E-state index contributed by atoms with van der Waals surface area (Å²) >= 11 is 4.29. The van der Waals surface area contributed by atoms with Crippen LogP contribution in [0.5, 0.6) is 11.5 Å². The molecule has 1 aliphatic heterocycles. The molecule has 5 nitrogen and oxygen atoms in total. The van der Waals surface area contributed by atoms with Crippen molar-refractivity contribution in [3.05, 3.63) is 63.0 Å². The Kier molecular flexibility index (Phi) is 7.02. The first-order valence-corrected chi connectivity index (χ1v) is 10.5. The van der Waals surface area contributed by atoms with Crippen LogP contribution in [-0.2, 0) is 11.4 Å². The van der Waals surface area contributed by atoms with E-state index in [9.17, 15) is 9.59 Å². The summed E-state index contributed by atoms with van der Waals surface area (Å²) in [5.74, 6) is 3.12. The second-order valence-corrected chi connectivity index (χ2v) is 7.94. The third-order valence-electron chi connectivity index (χ3n) is 4.00. The van der Waals surface area contributed by atoms with Gasteiger partial charge in [0.2, 0.25) is 0 Å². The molecule has 0 aliphatic carbocycles. The highest BCUT2D eigenvalue weighted by Gasteiger charge is 2.34. The first kappa shape index (κ1) is 21.0. The number of terminal acetylenes is 1. The van der Waals surface area contributed by atoms with Gasteiger partial charge in [-0.3, -0.25) is 14.5 Å². The highest BCUT2D eigenvalue weighted by Crippen LogP contribution is 2.34. The fourth-order valence-corrected chi connectivity index (χ4v) is 3.73. The van der Waals surface area contributed by atoms with Crippen LogP contribution in [0.25, 0.3) is 6.08 Å². The Morgan fingerprint density at radius 3 is 2.59 bits per heavy atom. The molecule has 0 radical (unpaired) electrons. The van der Waals surface area contributed by atoms with E-state index in [1.54, 1.807) is 18.2 Å². The molecule has 1 fully saturated rings. The molecule has 29 heavy (non-hydrogen) atoms. The van der Waals surface area contributed by atoms with Gasteiger partial charge in [-0.15, -0.1) is 6.42 Å². The molecule has 148 valence electrons. The van der Waals surface area contributed by atoms with E-state index in [1.165, 1.54) is 0 Å². The molecule has 7 heteroatoms. The summed E-state index contributed by atoms with van der Waals surface area (Å²) in [4.78, 5) is 25.6. The van der Waals surface area contributed by atoms with Crippen LogP contribution < -0.4 is 9.47 Å². The van der Waals surface area contributed by atoms with Gasteiger partial charge in [0.05, 0.1) is 18.1 Å². The molecule has 0 saturated carbocycles. The summed E-state index contributed by atoms with van der Waals surface area (Å²) in [5, 5.41) is -0.362. The molecule has 0 bridgehead atoms. The maximum absolute atomic E-state index is 12.3. The van der Waals surface area contributed by atoms with Gasteiger partial charge in [0.25, 0.3) is 11.1 Å². The molecule has 0 spiro atoms. The lowest BCUT2D eigenvalue weighted by atomic mass is 10.1. The Bertz CT molecular complexity index is 995. The molecule has 0 aromatic heterocycles. The summed E-state index contributed by atoms with van der Waals surface area (Å²) in [5.41, 5.74) is 1.76. The highest BCUT2D eigenvalue weighted by atomic mass is 79.9. The largest absolute Gasteiger partial charge is 0.490 e. The topological polar surface area (TPSA) is 55.8 Å². The highest BCUT2D eigenvalue weighted by molar-refractivity contribution is 9.10. The quantitative estimate of drug-likeness (QED) is 0.415. The number of carbonyl (C=O) groups is 2. The number of thioether (sulfide) groups is 1. The van der Waals surface area contributed by atoms with Crippen LogP contribution in [0.2, 0.25) is 0 Å². The van der Waals surface area contributed by atoms with Crippen molar-refractivity contribution >= 4 is 44.9 Å². The van der Waals surface area contributed by atoms with E-state index >= 15 is 0 Å². The first-order valence-electron chi connectivity index (χ1n) is 8.84. The van der Waals surface area contributed by atoms with E-state index in [-0.39, 0.29) is 17.7 Å². The molecular formula is C22H18BrNO4S. The van der Waals surface area contributed by atoms with E-state index in [2.05, 4.69) is 21.9 Å². The fraction of sp³-hybridized carbons (Fsp3) is 0.182. The lowest BCUT2D eigenvalue weighted by molar-refractivity contribution is -0.122. The van der Waals surface area contributed by atoms with Crippen molar-refractivity contribution in [3.8, 4) is 23.8 Å². The average molecular weight is 472 g/mol. The molecule has 0 N–H and O–H groups in total. The van der Waals surface area contributed by atoms with Crippen LogP contribution >= 0.6 is 27.7 Å². The smallest absolute Gasteiger partial charge is 0.294 e. The number of imide groups is 1. The van der Waals surface area contributed by atoms with Gasteiger partial charge in [-0.1, -0.05) is 40.0 Å². The van der Waals surface area contributed by atoms with E-state index in [0.29, 0.717) is 29.6 Å². The third kappa shape index (κ3) is 5.22. The predicted octanol–water partition coefficient (Wildman–Crippen LogP) is 5.10. The molecule has 0 unspecified atom stereocenters. The van der Waals surface area contributed by atoms with Gasteiger partial charge in [0, 0.05) is 4.47 Å². The maximum atomic E-state index is 12.3. The average Bonchev–Trinajstić information content (AvgIpc) is 2.97. The number of hydrogen-bond acceptors (Lipinski definition) is 5. The number of hydrogen-bond donors (Lipinski definition) is 0. The van der Waals surface area contributed by atoms with Gasteiger partial charge < -0.3 is 9.47 Å². The zero-order chi connectivity index (χ0) is 20.8. The minimum atomic E-state index is -0.383. The number of ether oxygens (including phenoxy) is 2. The number of nitrogens with zero attached hydrogens (tertiary/aromatic N) is 1. The zero-order valence-electron chi connectivity index (χ0n) is 15.7. The summed E-state index contributed by atoms with van der Waals surface area (Å²) < 4.78 is 12.6. The lowest BCUT2D eigenvalue weighted by Crippen LogP contribution is -2.28. The lowest BCUT2D eigenvalue weighted by Gasteiger charge is -2.13. The van der Waals surface area contributed by atoms with Crippen molar-refractivity contribution in [2.45, 2.75) is 13.5 Å². The number of benzene rings is 2. The summed E-state index contributed by atoms with van der Waals surface area (Å²) in [7, 11) is 0. The minimum Gasteiger partial charge on any atom is -0.490 e. The molecule has 2 aromatic rings. The summed E-state index contributed by atoms with van der Waals surface area (Å²) in [6.45, 7) is 2.72. The molecule has 2 aromatic carbocycles. The van der Waals surface area contributed by atoms with Gasteiger partial charge in [-0.2, -0.15) is 0 Å². The van der Waals surface area contributed by atoms with Gasteiger partial charge in [0.1, 0.15) is 6.61 Å². The van der Waals surface area contributed by atoms with Crippen molar-refractivity contribution < 1.29 is 19.1 Å². The number of carbonyl (C=O) groups excluding carboxylic acids is 2. The minimum absolute atomic E-state index is 0.0327. The van der Waals surface area contributed by atoms with Gasteiger partial charge in [-0.25, -0.2) is 0 Å². The monoisotopic (exact) mass is 471 g/mol. The van der Waals surface area contributed by atoms with Crippen LogP contribution in [0.15, 0.2) is 51.8 Å². The van der Waals surface area contributed by atoms with Gasteiger partial charge in [0.15, 0.2) is 11.5 Å². The SMILES string of the molecule is C#CCN1C(=O)S/C(=C/c2ccc(OCc3ccc(Br)cc3)c(OCC)c2)C1=O. The third-order valence-corrected chi connectivity index (χ3v) is 5.43. The van der Waals surface area contributed by atoms with Crippen molar-refractivity contribution in [3.63, 3.8) is 0 Å². The Labute approximate surface area is 182 Å². The van der Waals surface area contributed by atoms with Gasteiger partial charge in [-0.05, 0) is 60.2 Å². The van der Waals surface area contributed by atoms with E-state index in [1.807, 2.05) is 37.3 Å². The standard InChI is InChI=1S/C22H18BrNO4S/c1-3-11-24-21(25)20(29-22(24)26)13-16-7-10-18(19(12-16)27-4-2)28-14-15-5-8-17(23)9-6-15/h1,5-10,12-13H,4,11,14H2,2H3/b20-13+. The predicted molar refractivity (Wildman–Crippen MR) is 118 cm³/mol. The molecule has 1 aliphatic rings. The molecule has 2 amide bonds. The Morgan fingerprint density at radius 1 is 1.14 bits per heavy atom. The van der Waals surface area contributed by atoms with Crippen LogP contribution in [0, 0.1) is 12.3 Å². The number of amides is 2. The molecule has 3 rings (SSSR count). The van der Waals surface area contributed by atoms with Crippen LogP contribution in [0.4, 0.5) is 4.79 Å².